The van der Waals surface area contributed by atoms with Crippen molar-refractivity contribution in [2.24, 2.45) is 0 Å². The normalized spacial score (nSPS) is 11.1. The summed E-state index contributed by atoms with van der Waals surface area (Å²) in [7, 11) is 0. The van der Waals surface area contributed by atoms with Gasteiger partial charge in [-0.1, -0.05) is 19.1 Å². The quantitative estimate of drug-likeness (QED) is 0.240. The summed E-state index contributed by atoms with van der Waals surface area (Å²) in [5.74, 6) is -1.53. The number of hydrogen-bond donors (Lipinski definition) is 0. The SMILES string of the molecule is CCCC(=O)Oc1ccccc1C(=O)OCC(CO[N+](=O)[O-])O[N+](=O)[O-]. The Morgan fingerprint density at radius 2 is 1.81 bits per heavy atom. The Balaban J connectivity index is 2.74. The number of carbonyl (C=O) groups excluding carboxylic acids is 2. The maximum absolute atomic E-state index is 12.1. The summed E-state index contributed by atoms with van der Waals surface area (Å²) in [4.78, 5) is 52.3. The Kier molecular flexibility index (Phi) is 8.27. The van der Waals surface area contributed by atoms with Crippen LogP contribution in [0.3, 0.4) is 0 Å². The Morgan fingerprint density at radius 1 is 1.12 bits per heavy atom. The van der Waals surface area contributed by atoms with Gasteiger partial charge in [-0.2, -0.15) is 0 Å². The lowest BCUT2D eigenvalue weighted by Crippen LogP contribution is -2.30. The highest BCUT2D eigenvalue weighted by Crippen LogP contribution is 2.20. The molecule has 0 aromatic heterocycles. The minimum Gasteiger partial charge on any atom is -0.460 e. The van der Waals surface area contributed by atoms with Gasteiger partial charge in [-0.15, -0.1) is 20.2 Å². The molecule has 0 aliphatic carbocycles. The smallest absolute Gasteiger partial charge is 0.342 e. The fraction of sp³-hybridized carbons (Fsp3) is 0.429. The van der Waals surface area contributed by atoms with Crippen LogP contribution in [0.25, 0.3) is 0 Å². The van der Waals surface area contributed by atoms with Crippen LogP contribution >= 0.6 is 0 Å². The van der Waals surface area contributed by atoms with Crippen LogP contribution in [0, 0.1) is 20.2 Å². The molecule has 0 spiro atoms. The molecule has 12 heteroatoms. The molecule has 1 aromatic carbocycles. The molecule has 0 saturated heterocycles. The largest absolute Gasteiger partial charge is 0.460 e. The van der Waals surface area contributed by atoms with E-state index in [4.69, 9.17) is 9.47 Å². The van der Waals surface area contributed by atoms with Crippen molar-refractivity contribution < 1.29 is 38.9 Å². The summed E-state index contributed by atoms with van der Waals surface area (Å²) in [5, 5.41) is 18.2. The zero-order chi connectivity index (χ0) is 19.5. The molecule has 26 heavy (non-hydrogen) atoms. The van der Waals surface area contributed by atoms with Crippen molar-refractivity contribution in [2.75, 3.05) is 13.2 Å². The monoisotopic (exact) mass is 372 g/mol. The van der Waals surface area contributed by atoms with Crippen molar-refractivity contribution in [3.8, 4) is 5.75 Å². The van der Waals surface area contributed by atoms with E-state index < -0.39 is 41.4 Å². The number of ether oxygens (including phenoxy) is 2. The summed E-state index contributed by atoms with van der Waals surface area (Å²) < 4.78 is 9.91. The van der Waals surface area contributed by atoms with Crippen LogP contribution in [-0.2, 0) is 19.2 Å². The van der Waals surface area contributed by atoms with E-state index in [0.717, 1.165) is 0 Å². The second-order valence-electron chi connectivity index (χ2n) is 4.79. The molecule has 1 aromatic rings. The van der Waals surface area contributed by atoms with Crippen molar-refractivity contribution >= 4 is 11.9 Å². The van der Waals surface area contributed by atoms with Gasteiger partial charge in [0.1, 0.15) is 24.5 Å². The van der Waals surface area contributed by atoms with Gasteiger partial charge in [0.15, 0.2) is 6.10 Å². The number of para-hydroxylation sites is 1. The minimum atomic E-state index is -1.51. The summed E-state index contributed by atoms with van der Waals surface area (Å²) >= 11 is 0. The molecule has 1 atom stereocenters. The van der Waals surface area contributed by atoms with Crippen molar-refractivity contribution in [3.63, 3.8) is 0 Å². The van der Waals surface area contributed by atoms with Crippen LogP contribution in [0.2, 0.25) is 0 Å². The highest BCUT2D eigenvalue weighted by atomic mass is 17.0. The molecular weight excluding hydrogens is 356 g/mol. The van der Waals surface area contributed by atoms with E-state index in [1.54, 1.807) is 6.92 Å². The molecular formula is C14H16N2O10. The average Bonchev–Trinajstić information content (AvgIpc) is 2.57. The number of nitrogens with zero attached hydrogens (tertiary/aromatic N) is 2. The fourth-order valence-corrected chi connectivity index (χ4v) is 1.72. The van der Waals surface area contributed by atoms with Crippen LogP contribution in [0.5, 0.6) is 5.75 Å². The number of benzene rings is 1. The second kappa shape index (κ2) is 10.4. The van der Waals surface area contributed by atoms with E-state index in [0.29, 0.717) is 6.42 Å². The number of carbonyl (C=O) groups is 2. The first-order valence-electron chi connectivity index (χ1n) is 7.38. The van der Waals surface area contributed by atoms with Crippen LogP contribution in [-0.4, -0.2) is 41.4 Å². The third kappa shape index (κ3) is 7.42. The summed E-state index contributed by atoms with van der Waals surface area (Å²) in [6.45, 7) is 0.281. The van der Waals surface area contributed by atoms with E-state index in [2.05, 4.69) is 9.68 Å². The molecule has 142 valence electrons. The van der Waals surface area contributed by atoms with Crippen LogP contribution in [0.15, 0.2) is 24.3 Å². The number of hydrogen-bond acceptors (Lipinski definition) is 10. The maximum Gasteiger partial charge on any atom is 0.342 e. The Labute approximate surface area is 146 Å². The van der Waals surface area contributed by atoms with Gasteiger partial charge < -0.3 is 19.1 Å². The topological polar surface area (TPSA) is 157 Å². The molecule has 0 aliphatic heterocycles. The summed E-state index contributed by atoms with van der Waals surface area (Å²) in [6.07, 6.45) is -0.795. The van der Waals surface area contributed by atoms with Crippen molar-refractivity contribution in [2.45, 2.75) is 25.9 Å². The molecule has 0 aliphatic rings. The average molecular weight is 372 g/mol. The third-order valence-corrected chi connectivity index (χ3v) is 2.79. The molecule has 0 fully saturated rings. The Hall–Kier alpha value is -3.44. The molecule has 0 saturated carbocycles. The van der Waals surface area contributed by atoms with Crippen LogP contribution in [0.4, 0.5) is 0 Å². The zero-order valence-electron chi connectivity index (χ0n) is 13.7. The predicted octanol–water partition coefficient (Wildman–Crippen LogP) is 1.33. The molecule has 0 amide bonds. The van der Waals surface area contributed by atoms with E-state index in [1.807, 2.05) is 0 Å². The number of esters is 2. The maximum atomic E-state index is 12.1. The predicted molar refractivity (Wildman–Crippen MR) is 82.1 cm³/mol. The molecule has 1 rings (SSSR count). The number of rotatable bonds is 11. The van der Waals surface area contributed by atoms with Gasteiger partial charge >= 0.3 is 11.9 Å². The zero-order valence-corrected chi connectivity index (χ0v) is 13.7. The fourth-order valence-electron chi connectivity index (χ4n) is 1.72. The second-order valence-corrected chi connectivity index (χ2v) is 4.79. The van der Waals surface area contributed by atoms with Crippen molar-refractivity contribution in [1.82, 2.24) is 0 Å². The van der Waals surface area contributed by atoms with Gasteiger partial charge in [-0.25, -0.2) is 4.79 Å². The lowest BCUT2D eigenvalue weighted by Gasteiger charge is -2.14. The standard InChI is InChI=1S/C14H16N2O10/c1-2-5-13(17)25-12-7-4-3-6-11(12)14(18)23-8-10(26-16(21)22)9-24-15(19)20/h3-4,6-7,10H,2,5,8-9H2,1H3. The molecule has 0 N–H and O–H groups in total. The molecule has 0 radical (unpaired) electrons. The first kappa shape index (κ1) is 20.6. The molecule has 0 bridgehead atoms. The van der Waals surface area contributed by atoms with Crippen molar-refractivity contribution in [1.29, 1.82) is 0 Å². The first-order chi connectivity index (χ1) is 12.3. The van der Waals surface area contributed by atoms with Gasteiger partial charge in [-0.3, -0.25) is 4.79 Å². The molecule has 12 nitrogen and oxygen atoms in total. The van der Waals surface area contributed by atoms with Crippen LogP contribution < -0.4 is 4.74 Å². The van der Waals surface area contributed by atoms with Crippen molar-refractivity contribution in [3.05, 3.63) is 50.1 Å². The van der Waals surface area contributed by atoms with Gasteiger partial charge in [0.05, 0.1) is 0 Å². The van der Waals surface area contributed by atoms with Gasteiger partial charge in [0.2, 0.25) is 0 Å². The van der Waals surface area contributed by atoms with Gasteiger partial charge in [-0.05, 0) is 18.6 Å². The highest BCUT2D eigenvalue weighted by molar-refractivity contribution is 5.93. The van der Waals surface area contributed by atoms with Gasteiger partial charge in [0, 0.05) is 6.42 Å². The van der Waals surface area contributed by atoms with Gasteiger partial charge in [0.25, 0.3) is 10.2 Å². The van der Waals surface area contributed by atoms with E-state index in [-0.39, 0.29) is 17.7 Å². The lowest BCUT2D eigenvalue weighted by molar-refractivity contribution is -0.790. The molecule has 1 unspecified atom stereocenters. The first-order valence-corrected chi connectivity index (χ1v) is 7.38. The summed E-state index contributed by atoms with van der Waals surface area (Å²) in [6, 6.07) is 5.74. The Bertz CT molecular complexity index is 663. The van der Waals surface area contributed by atoms with E-state index in [1.165, 1.54) is 24.3 Å². The molecule has 0 heterocycles. The minimum absolute atomic E-state index is 0.0377. The van der Waals surface area contributed by atoms with Crippen LogP contribution in [0.1, 0.15) is 30.1 Å². The van der Waals surface area contributed by atoms with E-state index >= 15 is 0 Å². The highest BCUT2D eigenvalue weighted by Gasteiger charge is 2.21. The van der Waals surface area contributed by atoms with E-state index in [9.17, 15) is 29.8 Å². The Morgan fingerprint density at radius 3 is 2.42 bits per heavy atom. The summed E-state index contributed by atoms with van der Waals surface area (Å²) in [5.41, 5.74) is -0.0907. The third-order valence-electron chi connectivity index (χ3n) is 2.79. The lowest BCUT2D eigenvalue weighted by atomic mass is 10.2.